The zero-order valence-corrected chi connectivity index (χ0v) is 12.4. The van der Waals surface area contributed by atoms with Gasteiger partial charge in [0.1, 0.15) is 6.10 Å². The van der Waals surface area contributed by atoms with Gasteiger partial charge >= 0.3 is 0 Å². The Morgan fingerprint density at radius 3 is 1.83 bits per heavy atom. The summed E-state index contributed by atoms with van der Waals surface area (Å²) < 4.78 is 0. The lowest BCUT2D eigenvalue weighted by atomic mass is 10.1. The molecule has 0 saturated carbocycles. The van der Waals surface area contributed by atoms with E-state index in [9.17, 15) is 25.3 Å². The summed E-state index contributed by atoms with van der Waals surface area (Å²) in [6.45, 7) is 0. The van der Waals surface area contributed by atoms with E-state index in [0.717, 1.165) is 0 Å². The topological polar surface area (TPSA) is 107 Å². The highest BCUT2D eigenvalue weighted by Gasteiger charge is 2.14. The average molecular weight is 335 g/mol. The van der Waals surface area contributed by atoms with Crippen LogP contribution in [0.2, 0.25) is 0 Å². The van der Waals surface area contributed by atoms with E-state index in [1.807, 2.05) is 0 Å². The molecule has 0 amide bonds. The molecule has 8 heteroatoms. The molecular weight excluding hydrogens is 324 g/mol. The molecule has 2 rings (SSSR count). The summed E-state index contributed by atoms with van der Waals surface area (Å²) in [4.78, 5) is 20.1. The van der Waals surface area contributed by atoms with Crippen molar-refractivity contribution >= 4 is 29.1 Å². The summed E-state index contributed by atoms with van der Waals surface area (Å²) in [7, 11) is 0. The maximum atomic E-state index is 10.6. The lowest BCUT2D eigenvalue weighted by Gasteiger charge is -2.10. The number of rotatable bonds is 5. The van der Waals surface area contributed by atoms with Gasteiger partial charge in [0, 0.05) is 24.3 Å². The second-order valence-electron chi connectivity index (χ2n) is 4.63. The highest BCUT2D eigenvalue weighted by atomic mass is 35.5. The summed E-state index contributed by atoms with van der Waals surface area (Å²) in [5.41, 5.74) is 0.853. The van der Waals surface area contributed by atoms with Crippen LogP contribution in [0.1, 0.15) is 17.2 Å². The summed E-state index contributed by atoms with van der Waals surface area (Å²) in [6.07, 6.45) is 0.324. The highest BCUT2D eigenvalue weighted by molar-refractivity contribution is 6.32. The third kappa shape index (κ3) is 4.12. The molecule has 2 aromatic carbocycles. The number of aliphatic hydroxyl groups excluding tert-OH is 1. The van der Waals surface area contributed by atoms with E-state index in [0.29, 0.717) is 11.1 Å². The first-order valence-corrected chi connectivity index (χ1v) is 6.80. The Bertz CT molecular complexity index is 756. The van der Waals surface area contributed by atoms with Crippen LogP contribution >= 0.6 is 11.6 Å². The number of nitrogens with zero attached hydrogens (tertiary/aromatic N) is 2. The minimum atomic E-state index is -1.15. The zero-order chi connectivity index (χ0) is 17.0. The van der Waals surface area contributed by atoms with Crippen molar-refractivity contribution in [3.05, 3.63) is 84.9 Å². The number of hydrogen-bond acceptors (Lipinski definition) is 5. The number of nitro groups is 2. The summed E-state index contributed by atoms with van der Waals surface area (Å²) in [5, 5.41) is 31.4. The first-order chi connectivity index (χ1) is 10.9. The Morgan fingerprint density at radius 2 is 1.39 bits per heavy atom. The number of hydrogen-bond donors (Lipinski definition) is 1. The summed E-state index contributed by atoms with van der Waals surface area (Å²) >= 11 is 6.05. The number of nitro benzene ring substituents is 2. The lowest BCUT2D eigenvalue weighted by molar-refractivity contribution is -0.385. The van der Waals surface area contributed by atoms with Crippen molar-refractivity contribution in [2.24, 2.45) is 0 Å². The van der Waals surface area contributed by atoms with Gasteiger partial charge < -0.3 is 5.11 Å². The third-order valence-corrected chi connectivity index (χ3v) is 3.41. The van der Waals surface area contributed by atoms with E-state index in [1.165, 1.54) is 54.6 Å². The Kier molecular flexibility index (Phi) is 5.05. The van der Waals surface area contributed by atoms with Crippen LogP contribution < -0.4 is 0 Å². The predicted octanol–water partition coefficient (Wildman–Crippen LogP) is 3.82. The number of halogens is 1. The van der Waals surface area contributed by atoms with Gasteiger partial charge in [0.05, 0.1) is 14.9 Å². The van der Waals surface area contributed by atoms with Gasteiger partial charge in [-0.2, -0.15) is 0 Å². The minimum absolute atomic E-state index is 0.0470. The molecule has 2 aromatic rings. The van der Waals surface area contributed by atoms with Crippen molar-refractivity contribution < 1.29 is 15.0 Å². The molecule has 0 fully saturated rings. The van der Waals surface area contributed by atoms with Gasteiger partial charge in [0.25, 0.3) is 11.4 Å². The van der Waals surface area contributed by atoms with E-state index < -0.39 is 16.0 Å². The third-order valence-electron chi connectivity index (χ3n) is 3.09. The van der Waals surface area contributed by atoms with Crippen LogP contribution in [0.4, 0.5) is 11.4 Å². The van der Waals surface area contributed by atoms with Crippen LogP contribution in [0.15, 0.2) is 53.6 Å². The van der Waals surface area contributed by atoms with Gasteiger partial charge in [0.2, 0.25) is 0 Å². The van der Waals surface area contributed by atoms with Crippen LogP contribution in [0.25, 0.3) is 6.08 Å². The molecule has 0 radical (unpaired) electrons. The van der Waals surface area contributed by atoms with Crippen molar-refractivity contribution in [3.63, 3.8) is 0 Å². The molecule has 23 heavy (non-hydrogen) atoms. The molecular formula is C15H11ClN2O5. The first kappa shape index (κ1) is 16.6. The van der Waals surface area contributed by atoms with Crippen molar-refractivity contribution in [1.82, 2.24) is 0 Å². The Hall–Kier alpha value is -2.77. The smallest absolute Gasteiger partial charge is 0.269 e. The van der Waals surface area contributed by atoms with Gasteiger partial charge in [-0.05, 0) is 41.5 Å². The van der Waals surface area contributed by atoms with Gasteiger partial charge in [-0.1, -0.05) is 11.6 Å². The van der Waals surface area contributed by atoms with Crippen LogP contribution in [0.5, 0.6) is 0 Å². The highest BCUT2D eigenvalue weighted by Crippen LogP contribution is 2.28. The van der Waals surface area contributed by atoms with Crippen molar-refractivity contribution in [2.45, 2.75) is 6.10 Å². The van der Waals surface area contributed by atoms with Crippen molar-refractivity contribution in [1.29, 1.82) is 0 Å². The largest absolute Gasteiger partial charge is 0.383 e. The van der Waals surface area contributed by atoms with Gasteiger partial charge in [-0.15, -0.1) is 0 Å². The summed E-state index contributed by atoms with van der Waals surface area (Å²) in [5.74, 6) is 0. The number of benzene rings is 2. The number of aliphatic hydroxyl groups is 1. The van der Waals surface area contributed by atoms with E-state index in [2.05, 4.69) is 0 Å². The Labute approximate surface area is 135 Å². The van der Waals surface area contributed by atoms with E-state index in [4.69, 9.17) is 11.6 Å². The Balaban J connectivity index is 2.19. The standard InChI is InChI=1S/C15H11ClN2O5/c16-14(9-10-1-5-12(6-2-10)17(20)21)15(19)11-3-7-13(8-4-11)18(22)23/h1-9,15,19H/b14-9-. The fourth-order valence-electron chi connectivity index (χ4n) is 1.87. The Morgan fingerprint density at radius 1 is 0.957 bits per heavy atom. The molecule has 1 N–H and O–H groups in total. The van der Waals surface area contributed by atoms with E-state index >= 15 is 0 Å². The van der Waals surface area contributed by atoms with Crippen molar-refractivity contribution in [3.8, 4) is 0 Å². The monoisotopic (exact) mass is 334 g/mol. The minimum Gasteiger partial charge on any atom is -0.383 e. The van der Waals surface area contributed by atoms with Gasteiger partial charge in [0.15, 0.2) is 0 Å². The zero-order valence-electron chi connectivity index (χ0n) is 11.6. The molecule has 0 heterocycles. The summed E-state index contributed by atoms with van der Waals surface area (Å²) in [6, 6.07) is 11.0. The second-order valence-corrected chi connectivity index (χ2v) is 5.07. The molecule has 1 unspecified atom stereocenters. The SMILES string of the molecule is O=[N+]([O-])c1ccc(/C=C(\Cl)C(O)c2ccc([N+](=O)[O-])cc2)cc1. The molecule has 0 aliphatic rings. The van der Waals surface area contributed by atoms with E-state index in [-0.39, 0.29) is 16.4 Å². The van der Waals surface area contributed by atoms with Gasteiger partial charge in [-0.3, -0.25) is 20.2 Å². The second kappa shape index (κ2) is 6.99. The van der Waals surface area contributed by atoms with Crippen molar-refractivity contribution in [2.75, 3.05) is 0 Å². The first-order valence-electron chi connectivity index (χ1n) is 6.42. The van der Waals surface area contributed by atoms with Gasteiger partial charge in [-0.25, -0.2) is 0 Å². The molecule has 0 aliphatic carbocycles. The molecule has 0 bridgehead atoms. The van der Waals surface area contributed by atoms with Crippen LogP contribution in [-0.2, 0) is 0 Å². The predicted molar refractivity (Wildman–Crippen MR) is 85.0 cm³/mol. The molecule has 0 aliphatic heterocycles. The molecule has 0 aromatic heterocycles. The van der Waals surface area contributed by atoms with Crippen LogP contribution in [-0.4, -0.2) is 15.0 Å². The number of non-ortho nitro benzene ring substituents is 2. The maximum absolute atomic E-state index is 10.6. The molecule has 7 nitrogen and oxygen atoms in total. The molecule has 0 saturated heterocycles. The quantitative estimate of drug-likeness (QED) is 0.660. The van der Waals surface area contributed by atoms with Crippen LogP contribution in [0, 0.1) is 20.2 Å². The maximum Gasteiger partial charge on any atom is 0.269 e. The van der Waals surface area contributed by atoms with Crippen LogP contribution in [0.3, 0.4) is 0 Å². The normalized spacial score (nSPS) is 12.7. The fourth-order valence-corrected chi connectivity index (χ4v) is 2.12. The average Bonchev–Trinajstić information content (AvgIpc) is 2.54. The van der Waals surface area contributed by atoms with E-state index in [1.54, 1.807) is 0 Å². The fraction of sp³-hybridized carbons (Fsp3) is 0.0667. The lowest BCUT2D eigenvalue weighted by Crippen LogP contribution is -1.98. The molecule has 0 spiro atoms. The molecule has 118 valence electrons. The molecule has 1 atom stereocenters.